The van der Waals surface area contributed by atoms with Crippen LogP contribution in [0.1, 0.15) is 33.5 Å². The molecule has 1 saturated heterocycles. The fourth-order valence-corrected chi connectivity index (χ4v) is 6.79. The number of aryl methyl sites for hydroxylation is 1. The van der Waals surface area contributed by atoms with Crippen LogP contribution in [0.5, 0.6) is 0 Å². The van der Waals surface area contributed by atoms with Crippen molar-refractivity contribution in [2.75, 3.05) is 58.1 Å². The lowest BCUT2D eigenvalue weighted by Crippen LogP contribution is -2.50. The largest absolute Gasteiger partial charge is 0.336 e. The molecule has 0 aliphatic carbocycles. The van der Waals surface area contributed by atoms with Crippen LogP contribution in [0, 0.1) is 0 Å². The molecule has 0 radical (unpaired) electrons. The zero-order chi connectivity index (χ0) is 25.2. The minimum absolute atomic E-state index is 0.0158. The molecule has 37 heavy (non-hydrogen) atoms. The summed E-state index contributed by atoms with van der Waals surface area (Å²) in [7, 11) is 0. The third-order valence-electron chi connectivity index (χ3n) is 8.05. The Morgan fingerprint density at radius 1 is 0.892 bits per heavy atom. The monoisotopic (exact) mass is 514 g/mol. The van der Waals surface area contributed by atoms with E-state index in [2.05, 4.69) is 51.2 Å². The Labute approximate surface area is 222 Å². The van der Waals surface area contributed by atoms with Crippen LogP contribution in [-0.2, 0) is 12.2 Å². The van der Waals surface area contributed by atoms with Gasteiger partial charge in [0.25, 0.3) is 11.5 Å². The number of piperazine rings is 1. The van der Waals surface area contributed by atoms with Crippen molar-refractivity contribution in [3.8, 4) is 0 Å². The lowest BCUT2D eigenvalue weighted by atomic mass is 9.99. The van der Waals surface area contributed by atoms with Gasteiger partial charge in [0.1, 0.15) is 0 Å². The summed E-state index contributed by atoms with van der Waals surface area (Å²) in [5, 5.41) is 1.03. The number of H-pyrrole nitrogens is 1. The maximum Gasteiger partial charge on any atom is 0.253 e. The van der Waals surface area contributed by atoms with Crippen LogP contribution in [0.2, 0.25) is 0 Å². The summed E-state index contributed by atoms with van der Waals surface area (Å²) >= 11 is 1.80. The van der Waals surface area contributed by atoms with Crippen molar-refractivity contribution in [2.24, 2.45) is 0 Å². The Kier molecular flexibility index (Phi) is 7.18. The number of carbonyl (C=O) groups excluding carboxylic acids is 1. The Hall–Kier alpha value is -2.87. The number of fused-ring (bicyclic) bond motifs is 3. The molecule has 6 nitrogen and oxygen atoms in total. The van der Waals surface area contributed by atoms with E-state index >= 15 is 0 Å². The molecule has 1 N–H and O–H groups in total. The number of pyridine rings is 1. The molecule has 0 spiro atoms. The number of benzene rings is 2. The normalized spacial score (nSPS) is 19.0. The number of thioether (sulfide) groups is 1. The first-order valence-corrected chi connectivity index (χ1v) is 14.6. The van der Waals surface area contributed by atoms with E-state index in [-0.39, 0.29) is 11.5 Å². The maximum absolute atomic E-state index is 13.4. The highest BCUT2D eigenvalue weighted by atomic mass is 32.2. The minimum Gasteiger partial charge on any atom is -0.336 e. The van der Waals surface area contributed by atoms with Crippen LogP contribution >= 0.6 is 11.8 Å². The first-order valence-electron chi connectivity index (χ1n) is 13.4. The van der Waals surface area contributed by atoms with Crippen molar-refractivity contribution in [3.05, 3.63) is 87.2 Å². The zero-order valence-electron chi connectivity index (χ0n) is 21.2. The van der Waals surface area contributed by atoms with Crippen LogP contribution < -0.4 is 5.56 Å². The molecule has 0 bridgehead atoms. The topological polar surface area (TPSA) is 59.7 Å². The molecule has 7 heteroatoms. The molecule has 1 aromatic heterocycles. The number of aromatic nitrogens is 1. The summed E-state index contributed by atoms with van der Waals surface area (Å²) in [5.41, 5.74) is 6.39. The van der Waals surface area contributed by atoms with E-state index in [1.54, 1.807) is 11.8 Å². The van der Waals surface area contributed by atoms with Crippen molar-refractivity contribution in [3.63, 3.8) is 0 Å². The molecule has 6 rings (SSSR count). The van der Waals surface area contributed by atoms with Gasteiger partial charge in [-0.3, -0.25) is 19.4 Å². The number of aromatic amines is 1. The smallest absolute Gasteiger partial charge is 0.253 e. The number of hydrogen-bond acceptors (Lipinski definition) is 5. The quantitative estimate of drug-likeness (QED) is 0.560. The molecule has 2 aromatic carbocycles. The molecule has 0 saturated carbocycles. The van der Waals surface area contributed by atoms with E-state index in [1.807, 2.05) is 23.1 Å². The molecule has 4 heterocycles. The van der Waals surface area contributed by atoms with Crippen LogP contribution in [0.3, 0.4) is 0 Å². The van der Waals surface area contributed by atoms with Crippen LogP contribution in [0.25, 0.3) is 16.5 Å². The van der Waals surface area contributed by atoms with Gasteiger partial charge in [-0.1, -0.05) is 36.4 Å². The number of hydrogen-bond donors (Lipinski definition) is 1. The second kappa shape index (κ2) is 10.9. The molecular formula is C30H34N4O2S. The molecule has 3 aromatic rings. The molecule has 0 atom stereocenters. The van der Waals surface area contributed by atoms with Gasteiger partial charge in [-0.2, -0.15) is 11.8 Å². The van der Waals surface area contributed by atoms with E-state index in [0.717, 1.165) is 104 Å². The maximum atomic E-state index is 13.4. The van der Waals surface area contributed by atoms with Gasteiger partial charge >= 0.3 is 0 Å². The predicted octanol–water partition coefficient (Wildman–Crippen LogP) is 3.86. The van der Waals surface area contributed by atoms with E-state index in [0.29, 0.717) is 0 Å². The van der Waals surface area contributed by atoms with Crippen LogP contribution in [0.4, 0.5) is 0 Å². The van der Waals surface area contributed by atoms with Gasteiger partial charge in [0.05, 0.1) is 0 Å². The van der Waals surface area contributed by atoms with Gasteiger partial charge in [-0.15, -0.1) is 0 Å². The standard InChI is InChI=1S/C30H34N4O2S/c35-29-27-21-37-19-10-25(27)26-20-24(6-7-28(26)31-29)30(36)34-17-15-33(16-18-34)14-13-32-11-8-23(9-12-32)22-4-2-1-3-5-22/h1-8,20H,9-19,21H2,(H,31,35). The summed E-state index contributed by atoms with van der Waals surface area (Å²) in [6, 6.07) is 16.5. The Balaban J connectivity index is 1.03. The van der Waals surface area contributed by atoms with Crippen molar-refractivity contribution >= 4 is 34.1 Å². The molecule has 3 aliphatic heterocycles. The Bertz CT molecular complexity index is 1380. The molecule has 0 unspecified atom stereocenters. The third kappa shape index (κ3) is 5.26. The molecular weight excluding hydrogens is 480 g/mol. The lowest BCUT2D eigenvalue weighted by Gasteiger charge is -2.36. The highest BCUT2D eigenvalue weighted by Crippen LogP contribution is 2.28. The van der Waals surface area contributed by atoms with Crippen molar-refractivity contribution in [2.45, 2.75) is 18.6 Å². The third-order valence-corrected chi connectivity index (χ3v) is 9.04. The van der Waals surface area contributed by atoms with Crippen molar-refractivity contribution < 1.29 is 4.79 Å². The minimum atomic E-state index is 0.0158. The Morgan fingerprint density at radius 2 is 1.70 bits per heavy atom. The summed E-state index contributed by atoms with van der Waals surface area (Å²) in [4.78, 5) is 35.8. The van der Waals surface area contributed by atoms with Gasteiger partial charge in [0.2, 0.25) is 0 Å². The second-order valence-corrected chi connectivity index (χ2v) is 11.4. The lowest BCUT2D eigenvalue weighted by molar-refractivity contribution is 0.0625. The van der Waals surface area contributed by atoms with E-state index < -0.39 is 0 Å². The average Bonchev–Trinajstić information content (AvgIpc) is 2.97. The van der Waals surface area contributed by atoms with Crippen LogP contribution in [-0.4, -0.2) is 83.7 Å². The second-order valence-electron chi connectivity index (χ2n) is 10.3. The summed E-state index contributed by atoms with van der Waals surface area (Å²) in [6.07, 6.45) is 4.37. The predicted molar refractivity (Wildman–Crippen MR) is 152 cm³/mol. The van der Waals surface area contributed by atoms with Gasteiger partial charge in [-0.25, -0.2) is 0 Å². The van der Waals surface area contributed by atoms with Crippen molar-refractivity contribution in [1.29, 1.82) is 0 Å². The van der Waals surface area contributed by atoms with Crippen molar-refractivity contribution in [1.82, 2.24) is 19.7 Å². The molecule has 1 amide bonds. The first kappa shape index (κ1) is 24.5. The summed E-state index contributed by atoms with van der Waals surface area (Å²) < 4.78 is 0. The zero-order valence-corrected chi connectivity index (χ0v) is 22.1. The van der Waals surface area contributed by atoms with Gasteiger partial charge in [0, 0.05) is 80.1 Å². The average molecular weight is 515 g/mol. The van der Waals surface area contributed by atoms with Gasteiger partial charge in [0.15, 0.2) is 0 Å². The number of nitrogens with zero attached hydrogens (tertiary/aromatic N) is 3. The van der Waals surface area contributed by atoms with E-state index in [9.17, 15) is 9.59 Å². The van der Waals surface area contributed by atoms with Gasteiger partial charge < -0.3 is 9.88 Å². The number of carbonyl (C=O) groups is 1. The number of rotatable bonds is 5. The fraction of sp³-hybridized carbons (Fsp3) is 0.400. The van der Waals surface area contributed by atoms with Crippen LogP contribution in [0.15, 0.2) is 59.4 Å². The molecule has 3 aliphatic rings. The fourth-order valence-electron chi connectivity index (χ4n) is 5.79. The summed E-state index contributed by atoms with van der Waals surface area (Å²) in [5.74, 6) is 1.87. The molecule has 192 valence electrons. The summed E-state index contributed by atoms with van der Waals surface area (Å²) in [6.45, 7) is 7.58. The van der Waals surface area contributed by atoms with E-state index in [4.69, 9.17) is 0 Å². The SMILES string of the molecule is O=C(c1ccc2[nH]c(=O)c3c(c2c1)CCSC3)N1CCN(CCN2CC=C(c3ccccc3)CC2)CC1. The number of nitrogens with one attached hydrogen (secondary N) is 1. The van der Waals surface area contributed by atoms with E-state index in [1.165, 1.54) is 11.1 Å². The Morgan fingerprint density at radius 3 is 2.49 bits per heavy atom. The highest BCUT2D eigenvalue weighted by molar-refractivity contribution is 7.98. The van der Waals surface area contributed by atoms with Gasteiger partial charge in [-0.05, 0) is 53.5 Å². The molecule has 1 fully saturated rings. The first-order chi connectivity index (χ1) is 18.2. The highest BCUT2D eigenvalue weighted by Gasteiger charge is 2.24. The number of amides is 1.